The van der Waals surface area contributed by atoms with Crippen LogP contribution in [0.5, 0.6) is 0 Å². The lowest BCUT2D eigenvalue weighted by molar-refractivity contribution is 0.0985. The second-order valence-electron chi connectivity index (χ2n) is 7.80. The molecule has 0 spiro atoms. The summed E-state index contributed by atoms with van der Waals surface area (Å²) in [5, 5.41) is 9.01. The maximum absolute atomic E-state index is 12.2. The van der Waals surface area contributed by atoms with Crippen LogP contribution in [0, 0.1) is 6.92 Å². The van der Waals surface area contributed by atoms with Gasteiger partial charge in [-0.15, -0.1) is 0 Å². The minimum Gasteiger partial charge on any atom is -0.377 e. The van der Waals surface area contributed by atoms with Gasteiger partial charge in [-0.3, -0.25) is 0 Å². The minimum atomic E-state index is -2.41. The summed E-state index contributed by atoms with van der Waals surface area (Å²) >= 11 is 0. The van der Waals surface area contributed by atoms with Crippen LogP contribution in [0.4, 0.5) is 22.0 Å². The quantitative estimate of drug-likeness (QED) is 0.413. The highest BCUT2D eigenvalue weighted by Gasteiger charge is 2.22. The van der Waals surface area contributed by atoms with Gasteiger partial charge in [0.15, 0.2) is 11.6 Å². The van der Waals surface area contributed by atoms with Crippen LogP contribution in [-0.4, -0.2) is 60.2 Å². The third-order valence-corrected chi connectivity index (χ3v) is 6.09. The smallest absolute Gasteiger partial charge is 0.323 e. The number of amides is 2. The Morgan fingerprint density at radius 1 is 1.18 bits per heavy atom. The molecule has 0 saturated carbocycles. The van der Waals surface area contributed by atoms with Gasteiger partial charge >= 0.3 is 6.03 Å². The van der Waals surface area contributed by atoms with Crippen molar-refractivity contribution in [1.82, 2.24) is 15.1 Å². The predicted molar refractivity (Wildman–Crippen MR) is 128 cm³/mol. The van der Waals surface area contributed by atoms with Crippen LogP contribution < -0.4 is 15.5 Å². The number of anilines is 3. The van der Waals surface area contributed by atoms with Crippen molar-refractivity contribution in [2.75, 3.05) is 35.3 Å². The number of hydrogen-bond donors (Lipinski definition) is 2. The minimum absolute atomic E-state index is 0.0848. The molecule has 1 atom stereocenters. The molecular formula is C22H24N6O5S. The highest BCUT2D eigenvalue weighted by Crippen LogP contribution is 2.25. The number of nitrogens with zero attached hydrogens (tertiary/aromatic N) is 4. The normalized spacial score (nSPS) is 15.6. The number of rotatable bonds is 5. The summed E-state index contributed by atoms with van der Waals surface area (Å²) in [4.78, 5) is 23.6. The second-order valence-corrected chi connectivity index (χ2v) is 8.88. The van der Waals surface area contributed by atoms with E-state index in [1.807, 2.05) is 6.92 Å². The zero-order valence-corrected chi connectivity index (χ0v) is 19.7. The van der Waals surface area contributed by atoms with Gasteiger partial charge in [-0.25, -0.2) is 14.8 Å². The Balaban J connectivity index is 1.60. The molecular weight excluding hydrogens is 460 g/mol. The van der Waals surface area contributed by atoms with Gasteiger partial charge in [-0.1, -0.05) is 5.16 Å². The molecule has 1 aliphatic heterocycles. The summed E-state index contributed by atoms with van der Waals surface area (Å²) in [5.41, 5.74) is 2.04. The van der Waals surface area contributed by atoms with Gasteiger partial charge in [0, 0.05) is 23.9 Å². The summed E-state index contributed by atoms with van der Waals surface area (Å²) < 4.78 is 33.6. The first-order valence-corrected chi connectivity index (χ1v) is 11.7. The first kappa shape index (κ1) is 23.4. The molecule has 1 fully saturated rings. The standard InChI is InChI=1S/C22H24N6O5S/c1-13-12-32-9-8-28(13)20-10-18(15(3)34(30)31)25-21(27-20)16-4-6-17(7-5-16)24-22(29)26-19-11-23-33-14(19)2/h4-7,10-11,13H,8-9,12H2,1-3H3,(H2,24,26,29)/t13-/m0/s1. The number of aromatic nitrogens is 3. The Kier molecular flexibility index (Phi) is 6.89. The molecule has 12 heteroatoms. The van der Waals surface area contributed by atoms with E-state index in [-0.39, 0.29) is 10.9 Å². The van der Waals surface area contributed by atoms with E-state index in [2.05, 4.69) is 25.7 Å². The Morgan fingerprint density at radius 3 is 2.59 bits per heavy atom. The summed E-state index contributed by atoms with van der Waals surface area (Å²) in [7, 11) is -2.41. The van der Waals surface area contributed by atoms with Gasteiger partial charge in [0.1, 0.15) is 11.5 Å². The molecule has 0 bridgehead atoms. The number of morpholine rings is 1. The summed E-state index contributed by atoms with van der Waals surface area (Å²) in [6.45, 7) is 6.98. The zero-order chi connectivity index (χ0) is 24.2. The lowest BCUT2D eigenvalue weighted by atomic mass is 10.1. The van der Waals surface area contributed by atoms with E-state index in [0.29, 0.717) is 59.8 Å². The predicted octanol–water partition coefficient (Wildman–Crippen LogP) is 2.73. The molecule has 1 aromatic carbocycles. The van der Waals surface area contributed by atoms with Crippen LogP contribution in [0.25, 0.3) is 11.4 Å². The van der Waals surface area contributed by atoms with Crippen molar-refractivity contribution in [2.24, 2.45) is 0 Å². The third kappa shape index (κ3) is 5.24. The molecule has 2 aromatic heterocycles. The van der Waals surface area contributed by atoms with Gasteiger partial charge in [-0.2, -0.15) is 8.42 Å². The maximum Gasteiger partial charge on any atom is 0.323 e. The summed E-state index contributed by atoms with van der Waals surface area (Å²) in [6.07, 6.45) is 1.42. The highest BCUT2D eigenvalue weighted by molar-refractivity contribution is 7.73. The number of aryl methyl sites for hydroxylation is 1. The fraction of sp³-hybridized carbons (Fsp3) is 0.318. The van der Waals surface area contributed by atoms with Gasteiger partial charge in [0.05, 0.1) is 36.0 Å². The molecule has 0 unspecified atom stereocenters. The maximum atomic E-state index is 12.2. The summed E-state index contributed by atoms with van der Waals surface area (Å²) in [6, 6.07) is 8.27. The molecule has 1 aliphatic rings. The molecule has 2 amide bonds. The van der Waals surface area contributed by atoms with Gasteiger partial charge < -0.3 is 24.8 Å². The molecule has 3 heterocycles. The lowest BCUT2D eigenvalue weighted by Crippen LogP contribution is -2.44. The van der Waals surface area contributed by atoms with E-state index in [1.54, 1.807) is 37.3 Å². The molecule has 0 radical (unpaired) electrons. The van der Waals surface area contributed by atoms with Crippen molar-refractivity contribution in [3.8, 4) is 11.4 Å². The Bertz CT molecular complexity index is 1330. The molecule has 3 aromatic rings. The second kappa shape index (κ2) is 10.0. The number of carbonyl (C=O) groups excluding carboxylic acids is 1. The molecule has 34 heavy (non-hydrogen) atoms. The monoisotopic (exact) mass is 484 g/mol. The molecule has 4 rings (SSSR count). The third-order valence-electron chi connectivity index (χ3n) is 5.39. The van der Waals surface area contributed by atoms with Crippen molar-refractivity contribution < 1.29 is 22.5 Å². The lowest BCUT2D eigenvalue weighted by Gasteiger charge is -2.34. The van der Waals surface area contributed by atoms with Crippen molar-refractivity contribution in [3.05, 3.63) is 48.0 Å². The largest absolute Gasteiger partial charge is 0.377 e. The van der Waals surface area contributed by atoms with Gasteiger partial charge in [0.25, 0.3) is 0 Å². The first-order valence-electron chi connectivity index (χ1n) is 10.6. The van der Waals surface area contributed by atoms with Crippen molar-refractivity contribution >= 4 is 38.4 Å². The molecule has 178 valence electrons. The Hall–Kier alpha value is -3.77. The number of hydrogen-bond acceptors (Lipinski definition) is 9. The van der Waals surface area contributed by atoms with Crippen LogP contribution in [0.15, 0.2) is 41.1 Å². The molecule has 1 saturated heterocycles. The zero-order valence-electron chi connectivity index (χ0n) is 18.9. The van der Waals surface area contributed by atoms with Crippen LogP contribution >= 0.6 is 0 Å². The van der Waals surface area contributed by atoms with Crippen molar-refractivity contribution in [3.63, 3.8) is 0 Å². The number of nitrogens with one attached hydrogen (secondary N) is 2. The molecule has 11 nitrogen and oxygen atoms in total. The Labute approximate surface area is 197 Å². The van der Waals surface area contributed by atoms with Crippen LogP contribution in [-0.2, 0) is 15.0 Å². The van der Waals surface area contributed by atoms with E-state index < -0.39 is 16.3 Å². The fourth-order valence-electron chi connectivity index (χ4n) is 3.45. The number of urea groups is 1. The van der Waals surface area contributed by atoms with Crippen LogP contribution in [0.3, 0.4) is 0 Å². The topological polar surface area (TPSA) is 140 Å². The number of carbonyl (C=O) groups is 1. The average Bonchev–Trinajstić information content (AvgIpc) is 3.23. The fourth-order valence-corrected chi connectivity index (χ4v) is 3.72. The van der Waals surface area contributed by atoms with E-state index in [9.17, 15) is 13.2 Å². The van der Waals surface area contributed by atoms with Crippen molar-refractivity contribution in [1.29, 1.82) is 0 Å². The molecule has 2 N–H and O–H groups in total. The van der Waals surface area contributed by atoms with E-state index >= 15 is 0 Å². The first-order chi connectivity index (χ1) is 16.3. The highest BCUT2D eigenvalue weighted by atomic mass is 32.2. The van der Waals surface area contributed by atoms with Gasteiger partial charge in [-0.05, 0) is 45.0 Å². The van der Waals surface area contributed by atoms with Crippen LogP contribution in [0.1, 0.15) is 25.3 Å². The van der Waals surface area contributed by atoms with E-state index in [0.717, 1.165) is 0 Å². The number of ether oxygens (including phenoxy) is 1. The van der Waals surface area contributed by atoms with E-state index in [1.165, 1.54) is 13.1 Å². The molecule has 0 aliphatic carbocycles. The van der Waals surface area contributed by atoms with Gasteiger partial charge in [0.2, 0.25) is 10.3 Å². The average molecular weight is 485 g/mol. The van der Waals surface area contributed by atoms with Crippen molar-refractivity contribution in [2.45, 2.75) is 26.8 Å². The van der Waals surface area contributed by atoms with Crippen LogP contribution in [0.2, 0.25) is 0 Å². The Morgan fingerprint density at radius 2 is 1.94 bits per heavy atom. The SMILES string of the molecule is CC(c1cc(N2CCOC[C@@H]2C)nc(-c2ccc(NC(=O)Nc3cnoc3C)cc2)n1)=S(=O)=O. The van der Waals surface area contributed by atoms with E-state index in [4.69, 9.17) is 14.2 Å². The number of benzene rings is 1. The summed E-state index contributed by atoms with van der Waals surface area (Å²) in [5.74, 6) is 1.51.